The van der Waals surface area contributed by atoms with E-state index in [1.807, 2.05) is 0 Å². The van der Waals surface area contributed by atoms with Crippen LogP contribution in [-0.2, 0) is 6.18 Å². The van der Waals surface area contributed by atoms with Crippen LogP contribution in [-0.4, -0.2) is 11.3 Å². The minimum Gasteiger partial charge on any atom is -0.298 e. The van der Waals surface area contributed by atoms with Crippen molar-refractivity contribution < 1.29 is 18.0 Å². The number of carbonyl (C=O) groups excluding carboxylic acids is 1. The van der Waals surface area contributed by atoms with Gasteiger partial charge in [0.05, 0.1) is 11.3 Å². The van der Waals surface area contributed by atoms with Crippen LogP contribution in [0.5, 0.6) is 0 Å². The Labute approximate surface area is 111 Å². The van der Waals surface area contributed by atoms with Crippen LogP contribution in [0.4, 0.5) is 13.2 Å². The highest BCUT2D eigenvalue weighted by Gasteiger charge is 2.31. The minimum absolute atomic E-state index is 0.128. The van der Waals surface area contributed by atoms with Crippen LogP contribution >= 0.6 is 11.6 Å². The third-order valence-corrected chi connectivity index (χ3v) is 2.70. The molecular formula is C13H7ClF3NO. The molecule has 98 valence electrons. The Morgan fingerprint density at radius 2 is 1.95 bits per heavy atom. The quantitative estimate of drug-likeness (QED) is 0.773. The molecule has 0 aliphatic rings. The number of nitrogens with zero attached hydrogens (tertiary/aromatic N) is 1. The third kappa shape index (κ3) is 2.93. The second-order valence-corrected chi connectivity index (χ2v) is 4.22. The zero-order valence-corrected chi connectivity index (χ0v) is 10.2. The van der Waals surface area contributed by atoms with Crippen molar-refractivity contribution in [3.05, 3.63) is 52.7 Å². The van der Waals surface area contributed by atoms with Crippen LogP contribution in [0.25, 0.3) is 11.3 Å². The van der Waals surface area contributed by atoms with Crippen LogP contribution in [0, 0.1) is 0 Å². The smallest absolute Gasteiger partial charge is 0.298 e. The summed E-state index contributed by atoms with van der Waals surface area (Å²) in [6.45, 7) is 0. The molecule has 0 saturated heterocycles. The summed E-state index contributed by atoms with van der Waals surface area (Å²) in [6.07, 6.45) is -3.49. The number of alkyl halides is 3. The summed E-state index contributed by atoms with van der Waals surface area (Å²) in [5, 5.41) is 0.413. The normalized spacial score (nSPS) is 11.4. The number of hydrogen-bond acceptors (Lipinski definition) is 2. The average Bonchev–Trinajstić information content (AvgIpc) is 2.37. The molecule has 1 heterocycles. The van der Waals surface area contributed by atoms with Crippen LogP contribution < -0.4 is 0 Å². The van der Waals surface area contributed by atoms with Gasteiger partial charge in [0.25, 0.3) is 0 Å². The Balaban J connectivity index is 2.56. The molecule has 0 bridgehead atoms. The Morgan fingerprint density at radius 1 is 1.21 bits per heavy atom. The van der Waals surface area contributed by atoms with Gasteiger partial charge >= 0.3 is 6.18 Å². The first-order valence-electron chi connectivity index (χ1n) is 5.20. The van der Waals surface area contributed by atoms with Crippen molar-refractivity contribution in [2.45, 2.75) is 6.18 Å². The molecule has 2 rings (SSSR count). The van der Waals surface area contributed by atoms with Gasteiger partial charge in [-0.3, -0.25) is 9.78 Å². The van der Waals surface area contributed by atoms with Gasteiger partial charge < -0.3 is 0 Å². The molecule has 1 aromatic carbocycles. The molecular weight excluding hydrogens is 279 g/mol. The van der Waals surface area contributed by atoms with E-state index in [1.54, 1.807) is 18.2 Å². The van der Waals surface area contributed by atoms with E-state index in [-0.39, 0.29) is 11.3 Å². The molecule has 19 heavy (non-hydrogen) atoms. The van der Waals surface area contributed by atoms with Gasteiger partial charge in [0.1, 0.15) is 0 Å². The van der Waals surface area contributed by atoms with Crippen molar-refractivity contribution in [2.75, 3.05) is 0 Å². The zero-order valence-electron chi connectivity index (χ0n) is 9.41. The van der Waals surface area contributed by atoms with Crippen LogP contribution in [0.1, 0.15) is 15.9 Å². The number of halogens is 4. The van der Waals surface area contributed by atoms with Gasteiger partial charge in [-0.1, -0.05) is 23.7 Å². The Kier molecular flexibility index (Phi) is 3.57. The second-order valence-electron chi connectivity index (χ2n) is 3.79. The second kappa shape index (κ2) is 5.01. The maximum atomic E-state index is 12.5. The van der Waals surface area contributed by atoms with E-state index < -0.39 is 11.7 Å². The molecule has 0 fully saturated rings. The summed E-state index contributed by atoms with van der Waals surface area (Å²) in [5.74, 6) is 0. The van der Waals surface area contributed by atoms with Gasteiger partial charge in [0.15, 0.2) is 6.29 Å². The predicted molar refractivity (Wildman–Crippen MR) is 65.1 cm³/mol. The Morgan fingerprint density at radius 3 is 2.53 bits per heavy atom. The van der Waals surface area contributed by atoms with E-state index in [4.69, 9.17) is 11.6 Å². The molecule has 0 aliphatic heterocycles. The van der Waals surface area contributed by atoms with E-state index in [2.05, 4.69) is 4.98 Å². The van der Waals surface area contributed by atoms with E-state index in [0.717, 1.165) is 6.07 Å². The lowest BCUT2D eigenvalue weighted by Crippen LogP contribution is -2.07. The number of rotatable bonds is 2. The number of benzene rings is 1. The predicted octanol–water partition coefficient (Wildman–Crippen LogP) is 4.23. The molecule has 0 spiro atoms. The molecule has 0 aliphatic carbocycles. The van der Waals surface area contributed by atoms with Crippen LogP contribution in [0.3, 0.4) is 0 Å². The molecule has 0 radical (unpaired) electrons. The van der Waals surface area contributed by atoms with Crippen LogP contribution in [0.15, 0.2) is 36.5 Å². The Hall–Kier alpha value is -1.88. The van der Waals surface area contributed by atoms with E-state index in [9.17, 15) is 18.0 Å². The summed E-state index contributed by atoms with van der Waals surface area (Å²) in [7, 11) is 0. The minimum atomic E-state index is -4.53. The number of pyridine rings is 1. The lowest BCUT2D eigenvalue weighted by atomic mass is 10.0. The van der Waals surface area contributed by atoms with Gasteiger partial charge in [-0.2, -0.15) is 13.2 Å². The molecule has 0 unspecified atom stereocenters. The molecule has 1 aromatic heterocycles. The van der Waals surface area contributed by atoms with Crippen molar-refractivity contribution in [3.63, 3.8) is 0 Å². The first-order valence-corrected chi connectivity index (χ1v) is 5.58. The van der Waals surface area contributed by atoms with Gasteiger partial charge in [-0.25, -0.2) is 0 Å². The van der Waals surface area contributed by atoms with Gasteiger partial charge in [0, 0.05) is 22.3 Å². The first-order chi connectivity index (χ1) is 8.91. The summed E-state index contributed by atoms with van der Waals surface area (Å²) in [5.41, 5.74) is -0.425. The molecule has 6 heteroatoms. The summed E-state index contributed by atoms with van der Waals surface area (Å²) >= 11 is 5.80. The number of hydrogen-bond donors (Lipinski definition) is 0. The topological polar surface area (TPSA) is 30.0 Å². The average molecular weight is 286 g/mol. The summed E-state index contributed by atoms with van der Waals surface area (Å²) < 4.78 is 37.6. The molecule has 2 nitrogen and oxygen atoms in total. The van der Waals surface area contributed by atoms with E-state index in [1.165, 1.54) is 6.07 Å². The van der Waals surface area contributed by atoms with Crippen molar-refractivity contribution in [1.82, 2.24) is 4.98 Å². The fourth-order valence-electron chi connectivity index (χ4n) is 1.60. The van der Waals surface area contributed by atoms with Crippen molar-refractivity contribution in [2.24, 2.45) is 0 Å². The monoisotopic (exact) mass is 285 g/mol. The zero-order chi connectivity index (χ0) is 14.0. The fourth-order valence-corrected chi connectivity index (χ4v) is 1.79. The maximum absolute atomic E-state index is 12.5. The number of aldehydes is 1. The largest absolute Gasteiger partial charge is 0.417 e. The highest BCUT2D eigenvalue weighted by Crippen LogP contribution is 2.31. The van der Waals surface area contributed by atoms with E-state index in [0.29, 0.717) is 23.1 Å². The lowest BCUT2D eigenvalue weighted by Gasteiger charge is -2.09. The standard InChI is InChI=1S/C13H7ClF3NO/c14-11-3-1-2-8(5-11)12-9(7-19)4-10(6-18-12)13(15,16)17/h1-7H. The maximum Gasteiger partial charge on any atom is 0.417 e. The lowest BCUT2D eigenvalue weighted by molar-refractivity contribution is -0.137. The van der Waals surface area contributed by atoms with Gasteiger partial charge in [-0.05, 0) is 18.2 Å². The molecule has 0 N–H and O–H groups in total. The SMILES string of the molecule is O=Cc1cc(C(F)(F)F)cnc1-c1cccc(Cl)c1. The summed E-state index contributed by atoms with van der Waals surface area (Å²) in [6, 6.07) is 7.18. The number of carbonyl (C=O) groups is 1. The number of aromatic nitrogens is 1. The van der Waals surface area contributed by atoms with Gasteiger partial charge in [-0.15, -0.1) is 0 Å². The Bertz CT molecular complexity index is 626. The summed E-state index contributed by atoms with van der Waals surface area (Å²) in [4.78, 5) is 14.6. The highest BCUT2D eigenvalue weighted by molar-refractivity contribution is 6.30. The first kappa shape index (κ1) is 13.5. The van der Waals surface area contributed by atoms with Crippen molar-refractivity contribution >= 4 is 17.9 Å². The molecule has 0 amide bonds. The third-order valence-electron chi connectivity index (χ3n) is 2.47. The van der Waals surface area contributed by atoms with Gasteiger partial charge in [0.2, 0.25) is 0 Å². The highest BCUT2D eigenvalue weighted by atomic mass is 35.5. The van der Waals surface area contributed by atoms with Crippen LogP contribution in [0.2, 0.25) is 5.02 Å². The molecule has 0 atom stereocenters. The van der Waals surface area contributed by atoms with E-state index >= 15 is 0 Å². The molecule has 2 aromatic rings. The fraction of sp³-hybridized carbons (Fsp3) is 0.0769. The van der Waals surface area contributed by atoms with Crippen molar-refractivity contribution in [3.8, 4) is 11.3 Å². The van der Waals surface area contributed by atoms with Crippen molar-refractivity contribution in [1.29, 1.82) is 0 Å². The molecule has 0 saturated carbocycles.